The fourth-order valence-electron chi connectivity index (χ4n) is 2.14. The van der Waals surface area contributed by atoms with Crippen molar-refractivity contribution in [2.24, 2.45) is 0 Å². The van der Waals surface area contributed by atoms with Crippen molar-refractivity contribution >= 4 is 49.1 Å². The van der Waals surface area contributed by atoms with E-state index < -0.39 is 0 Å². The minimum atomic E-state index is -0.296. The van der Waals surface area contributed by atoms with E-state index in [1.165, 1.54) is 21.5 Å². The summed E-state index contributed by atoms with van der Waals surface area (Å²) < 4.78 is 1.70. The van der Waals surface area contributed by atoms with Gasteiger partial charge in [-0.05, 0) is 0 Å². The van der Waals surface area contributed by atoms with Crippen molar-refractivity contribution in [3.8, 4) is 0 Å². The Morgan fingerprint density at radius 1 is 0.739 bits per heavy atom. The van der Waals surface area contributed by atoms with Gasteiger partial charge in [0.2, 0.25) is 0 Å². The van der Waals surface area contributed by atoms with Gasteiger partial charge in [0.25, 0.3) is 0 Å². The van der Waals surface area contributed by atoms with Crippen LogP contribution in [0, 0.1) is 0 Å². The summed E-state index contributed by atoms with van der Waals surface area (Å²) in [6.45, 7) is 0. The van der Waals surface area contributed by atoms with Gasteiger partial charge in [-0.1, -0.05) is 12.1 Å². The Bertz CT molecular complexity index is 716. The molecule has 4 rings (SSSR count). The van der Waals surface area contributed by atoms with Crippen LogP contribution in [-0.2, 0) is 20.0 Å². The molecule has 0 atom stereocenters. The van der Waals surface area contributed by atoms with Gasteiger partial charge in [0.1, 0.15) is 0 Å². The molecule has 0 bridgehead atoms. The molecule has 0 amide bonds. The third-order valence-corrected chi connectivity index (χ3v) is 4.65. The van der Waals surface area contributed by atoms with Crippen molar-refractivity contribution in [3.63, 3.8) is 0 Å². The Kier molecular flexibility index (Phi) is 7.78. The van der Waals surface area contributed by atoms with Gasteiger partial charge in [0, 0.05) is 0 Å². The van der Waals surface area contributed by atoms with Crippen molar-refractivity contribution in [3.05, 3.63) is 84.9 Å². The topological polar surface area (TPSA) is 0 Å². The number of benzene rings is 2. The first kappa shape index (κ1) is 18.2. The molecular formula is C20H16Cl2Ti. The van der Waals surface area contributed by atoms with Gasteiger partial charge in [-0.2, -0.15) is 35.0 Å². The average Bonchev–Trinajstić information content (AvgIpc) is 3.24. The van der Waals surface area contributed by atoms with Crippen LogP contribution >= 0.6 is 23.2 Å². The van der Waals surface area contributed by atoms with Gasteiger partial charge in [-0.15, -0.1) is 59.3 Å². The van der Waals surface area contributed by atoms with Crippen molar-refractivity contribution in [2.45, 2.75) is 4.84 Å². The summed E-state index contributed by atoms with van der Waals surface area (Å²) in [5, 5.41) is 5.32. The summed E-state index contributed by atoms with van der Waals surface area (Å²) >= 11 is 12.2. The molecule has 0 aromatic heterocycles. The van der Waals surface area contributed by atoms with Crippen LogP contribution in [-0.4, -0.2) is 9.15 Å². The molecule has 114 valence electrons. The summed E-state index contributed by atoms with van der Waals surface area (Å²) in [7, 11) is 0. The first-order valence-corrected chi connectivity index (χ1v) is 8.98. The molecule has 0 spiro atoms. The largest absolute Gasteiger partial charge is 0.168 e. The van der Waals surface area contributed by atoms with E-state index in [2.05, 4.69) is 84.9 Å². The summed E-state index contributed by atoms with van der Waals surface area (Å²) in [6, 6.07) is 29.3. The maximum absolute atomic E-state index is 5.17. The van der Waals surface area contributed by atoms with Crippen molar-refractivity contribution in [1.29, 1.82) is 0 Å². The zero-order chi connectivity index (χ0) is 16.5. The molecule has 0 aliphatic rings. The normalized spacial score (nSPS) is 9.96. The van der Waals surface area contributed by atoms with Crippen LogP contribution in [0.4, 0.5) is 0 Å². The van der Waals surface area contributed by atoms with E-state index in [4.69, 9.17) is 23.2 Å². The van der Waals surface area contributed by atoms with Gasteiger partial charge >= 0.3 is 52.3 Å². The maximum atomic E-state index is 5.17. The molecule has 4 aromatic carbocycles. The number of rotatable bonds is 1. The van der Waals surface area contributed by atoms with Gasteiger partial charge in [0.05, 0.1) is 0 Å². The molecule has 23 heavy (non-hydrogen) atoms. The zero-order valence-electron chi connectivity index (χ0n) is 12.5. The Morgan fingerprint density at radius 3 is 1.48 bits per heavy atom. The SMILES string of the molecule is ClC(Cl)[CH]=[Ti+2].c1ccc2[cH-]ccc2c1.c1ccc2[cH-]ccc2c1. The molecular weight excluding hydrogens is 359 g/mol. The summed E-state index contributed by atoms with van der Waals surface area (Å²) in [6.07, 6.45) is 0. The third kappa shape index (κ3) is 6.08. The second-order valence-corrected chi connectivity index (χ2v) is 6.49. The Morgan fingerprint density at radius 2 is 1.13 bits per heavy atom. The molecule has 0 aliphatic carbocycles. The first-order chi connectivity index (χ1) is 11.2. The Hall–Kier alpha value is -1.18. The second-order valence-electron chi connectivity index (χ2n) is 4.81. The molecule has 3 heteroatoms. The fourth-order valence-corrected chi connectivity index (χ4v) is 2.14. The minimum Gasteiger partial charge on any atom is -0.168 e. The number of hydrogen-bond acceptors (Lipinski definition) is 0. The van der Waals surface area contributed by atoms with E-state index in [9.17, 15) is 0 Å². The number of fused-ring (bicyclic) bond motifs is 2. The molecule has 4 aromatic rings. The number of alkyl halides is 2. The fraction of sp³-hybridized carbons (Fsp3) is 0.0500. The molecule has 0 fully saturated rings. The predicted octanol–water partition coefficient (Wildman–Crippen LogP) is 6.26. The van der Waals surface area contributed by atoms with Gasteiger partial charge in [-0.25, -0.2) is 0 Å². The van der Waals surface area contributed by atoms with Crippen LogP contribution < -0.4 is 0 Å². The second kappa shape index (κ2) is 9.85. The molecule has 0 aliphatic heterocycles. The van der Waals surface area contributed by atoms with E-state index in [-0.39, 0.29) is 4.84 Å². The van der Waals surface area contributed by atoms with Crippen LogP contribution in [0.25, 0.3) is 21.5 Å². The molecule has 0 nitrogen and oxygen atoms in total. The van der Waals surface area contributed by atoms with Crippen LogP contribution in [0.1, 0.15) is 0 Å². The Labute approximate surface area is 158 Å². The van der Waals surface area contributed by atoms with Crippen LogP contribution in [0.3, 0.4) is 0 Å². The first-order valence-electron chi connectivity index (χ1n) is 7.20. The molecule has 0 heterocycles. The van der Waals surface area contributed by atoms with E-state index in [1.54, 1.807) is 4.31 Å². The van der Waals surface area contributed by atoms with Crippen molar-refractivity contribution in [1.82, 2.24) is 0 Å². The standard InChI is InChI=1S/2C9H7.C2H2Cl2.Ti/c2*1-2-5-9-7-3-6-8(9)4-1;1-2(3)4;/h2*1-7H;1-2H;/q2*-1;;+2. The summed E-state index contributed by atoms with van der Waals surface area (Å²) in [5.74, 6) is 0. The van der Waals surface area contributed by atoms with E-state index in [0.29, 0.717) is 0 Å². The van der Waals surface area contributed by atoms with Gasteiger partial charge in [0.15, 0.2) is 0 Å². The van der Waals surface area contributed by atoms with Crippen molar-refractivity contribution in [2.75, 3.05) is 0 Å². The molecule has 0 saturated carbocycles. The number of hydrogen-bond donors (Lipinski definition) is 0. The molecule has 0 saturated heterocycles. The number of halogens is 2. The molecule has 0 unspecified atom stereocenters. The van der Waals surface area contributed by atoms with Crippen LogP contribution in [0.5, 0.6) is 0 Å². The smallest absolute Gasteiger partial charge is 0.0809 e. The minimum absolute atomic E-state index is 0.296. The summed E-state index contributed by atoms with van der Waals surface area (Å²) in [4.78, 5) is -0.296. The van der Waals surface area contributed by atoms with E-state index >= 15 is 0 Å². The molecule has 0 radical (unpaired) electrons. The van der Waals surface area contributed by atoms with Crippen LogP contribution in [0.15, 0.2) is 84.9 Å². The van der Waals surface area contributed by atoms with E-state index in [1.807, 2.05) is 20.0 Å². The third-order valence-electron chi connectivity index (χ3n) is 3.22. The molecule has 0 N–H and O–H groups in total. The zero-order valence-corrected chi connectivity index (χ0v) is 15.6. The van der Waals surface area contributed by atoms with Gasteiger partial charge < -0.3 is 0 Å². The predicted molar refractivity (Wildman–Crippen MR) is 101 cm³/mol. The van der Waals surface area contributed by atoms with Gasteiger partial charge in [-0.3, -0.25) is 0 Å². The van der Waals surface area contributed by atoms with E-state index in [0.717, 1.165) is 0 Å². The summed E-state index contributed by atoms with van der Waals surface area (Å²) in [5.41, 5.74) is 0. The van der Waals surface area contributed by atoms with Crippen molar-refractivity contribution < 1.29 is 20.0 Å². The maximum Gasteiger partial charge on any atom is -0.0809 e. The van der Waals surface area contributed by atoms with Crippen LogP contribution in [0.2, 0.25) is 0 Å². The quantitative estimate of drug-likeness (QED) is 0.209. The monoisotopic (exact) mass is 374 g/mol. The average molecular weight is 375 g/mol. The Balaban J connectivity index is 0.000000132.